The number of benzene rings is 1. The number of fused-ring (bicyclic) bond motifs is 1. The van der Waals surface area contributed by atoms with Crippen LogP contribution in [0.5, 0.6) is 5.75 Å². The van der Waals surface area contributed by atoms with Crippen LogP contribution in [-0.4, -0.2) is 49.3 Å². The molecule has 1 unspecified atom stereocenters. The maximum atomic E-state index is 12.2. The van der Waals surface area contributed by atoms with Gasteiger partial charge in [0.2, 0.25) is 0 Å². The number of hydrogen-bond donors (Lipinski definition) is 1. The largest absolute Gasteiger partial charge is 0.491 e. The minimum Gasteiger partial charge on any atom is -0.491 e. The Balaban J connectivity index is 1.83. The highest BCUT2D eigenvalue weighted by Crippen LogP contribution is 2.31. The summed E-state index contributed by atoms with van der Waals surface area (Å²) in [5.74, 6) is 1.52. The van der Waals surface area contributed by atoms with Crippen molar-refractivity contribution >= 4 is 11.5 Å². The average molecular weight is 302 g/mol. The molecular formula is C16H19FN4O. The zero-order valence-corrected chi connectivity index (χ0v) is 12.7. The summed E-state index contributed by atoms with van der Waals surface area (Å²) in [4.78, 5) is 8.39. The molecule has 0 fully saturated rings. The van der Waals surface area contributed by atoms with E-state index in [4.69, 9.17) is 4.74 Å². The van der Waals surface area contributed by atoms with E-state index >= 15 is 0 Å². The third-order valence-electron chi connectivity index (χ3n) is 3.70. The summed E-state index contributed by atoms with van der Waals surface area (Å²) in [7, 11) is 3.78. The predicted octanol–water partition coefficient (Wildman–Crippen LogP) is 2.01. The van der Waals surface area contributed by atoms with E-state index in [-0.39, 0.29) is 12.9 Å². The number of alkyl halides is 1. The Morgan fingerprint density at radius 2 is 2.27 bits per heavy atom. The second-order valence-electron chi connectivity index (χ2n) is 5.08. The molecule has 2 aliphatic rings. The highest BCUT2D eigenvalue weighted by molar-refractivity contribution is 5.94. The molecule has 2 heterocycles. The summed E-state index contributed by atoms with van der Waals surface area (Å²) < 4.78 is 17.6. The Morgan fingerprint density at radius 3 is 3.05 bits per heavy atom. The Bertz CT molecular complexity index is 641. The fourth-order valence-electron chi connectivity index (χ4n) is 2.59. The second-order valence-corrected chi connectivity index (χ2v) is 5.08. The van der Waals surface area contributed by atoms with Crippen molar-refractivity contribution in [2.45, 2.75) is 6.29 Å². The van der Waals surface area contributed by atoms with Crippen molar-refractivity contribution in [1.82, 2.24) is 15.1 Å². The number of nitrogens with one attached hydrogen (secondary N) is 1. The Kier molecular flexibility index (Phi) is 4.00. The fraction of sp³-hybridized carbons (Fsp3) is 0.312. The van der Waals surface area contributed by atoms with Crippen molar-refractivity contribution < 1.29 is 9.13 Å². The van der Waals surface area contributed by atoms with Crippen molar-refractivity contribution in [2.24, 2.45) is 4.99 Å². The minimum atomic E-state index is -0.490. The van der Waals surface area contributed by atoms with Gasteiger partial charge in [-0.15, -0.1) is 0 Å². The summed E-state index contributed by atoms with van der Waals surface area (Å²) in [6.45, 7) is -0.412. The quantitative estimate of drug-likeness (QED) is 0.923. The van der Waals surface area contributed by atoms with Crippen molar-refractivity contribution in [3.05, 3.63) is 48.3 Å². The van der Waals surface area contributed by atoms with Crippen LogP contribution < -0.4 is 10.1 Å². The van der Waals surface area contributed by atoms with E-state index < -0.39 is 6.67 Å². The molecule has 0 spiro atoms. The molecule has 1 atom stereocenters. The molecule has 1 N–H and O–H groups in total. The first-order valence-corrected chi connectivity index (χ1v) is 7.16. The number of ether oxygens (including phenoxy) is 1. The smallest absolute Gasteiger partial charge is 0.183 e. The SMILES string of the molecule is CN=C1C=CN2C=C(c3cccc(OCCF)c3)N(C)C2N1. The number of nitrogens with zero attached hydrogens (tertiary/aromatic N) is 3. The molecule has 0 bridgehead atoms. The first kappa shape index (κ1) is 14.4. The third kappa shape index (κ3) is 2.64. The molecule has 0 saturated heterocycles. The molecule has 116 valence electrons. The topological polar surface area (TPSA) is 40.1 Å². The number of aliphatic imine (C=N–C) groups is 1. The molecule has 0 aromatic heterocycles. The van der Waals surface area contributed by atoms with Crippen LogP contribution in [0.15, 0.2) is 47.7 Å². The zero-order chi connectivity index (χ0) is 15.5. The lowest BCUT2D eigenvalue weighted by Crippen LogP contribution is -2.51. The van der Waals surface area contributed by atoms with Gasteiger partial charge < -0.3 is 19.9 Å². The number of halogens is 1. The van der Waals surface area contributed by atoms with Gasteiger partial charge in [0.15, 0.2) is 6.29 Å². The van der Waals surface area contributed by atoms with Crippen LogP contribution in [0.2, 0.25) is 0 Å². The van der Waals surface area contributed by atoms with E-state index in [1.807, 2.05) is 43.6 Å². The van der Waals surface area contributed by atoms with Crippen LogP contribution in [0.4, 0.5) is 4.39 Å². The first-order valence-electron chi connectivity index (χ1n) is 7.16. The van der Waals surface area contributed by atoms with E-state index in [1.54, 1.807) is 7.05 Å². The zero-order valence-electron chi connectivity index (χ0n) is 12.7. The van der Waals surface area contributed by atoms with Crippen molar-refractivity contribution in [2.75, 3.05) is 27.4 Å². The lowest BCUT2D eigenvalue weighted by atomic mass is 10.1. The summed E-state index contributed by atoms with van der Waals surface area (Å²) in [5, 5.41) is 3.35. The lowest BCUT2D eigenvalue weighted by molar-refractivity contribution is 0.209. The van der Waals surface area contributed by atoms with Gasteiger partial charge in [-0.3, -0.25) is 4.99 Å². The molecule has 1 aromatic rings. The van der Waals surface area contributed by atoms with Crippen LogP contribution >= 0.6 is 0 Å². The van der Waals surface area contributed by atoms with Crippen LogP contribution in [0, 0.1) is 0 Å². The molecule has 5 nitrogen and oxygen atoms in total. The van der Waals surface area contributed by atoms with Gasteiger partial charge in [0.1, 0.15) is 24.9 Å². The maximum absolute atomic E-state index is 12.2. The van der Waals surface area contributed by atoms with E-state index in [0.29, 0.717) is 5.75 Å². The first-order chi connectivity index (χ1) is 10.7. The highest BCUT2D eigenvalue weighted by atomic mass is 19.1. The number of amidine groups is 1. The van der Waals surface area contributed by atoms with Crippen LogP contribution in [-0.2, 0) is 0 Å². The van der Waals surface area contributed by atoms with Gasteiger partial charge in [0.25, 0.3) is 0 Å². The maximum Gasteiger partial charge on any atom is 0.183 e. The van der Waals surface area contributed by atoms with Gasteiger partial charge in [-0.25, -0.2) is 4.39 Å². The molecule has 3 rings (SSSR count). The monoisotopic (exact) mass is 302 g/mol. The van der Waals surface area contributed by atoms with E-state index in [9.17, 15) is 4.39 Å². The molecule has 6 heteroatoms. The molecule has 0 amide bonds. The number of rotatable bonds is 4. The molecule has 22 heavy (non-hydrogen) atoms. The molecule has 2 aliphatic heterocycles. The number of hydrogen-bond acceptors (Lipinski definition) is 4. The van der Waals surface area contributed by atoms with Gasteiger partial charge in [-0.05, 0) is 18.2 Å². The normalized spacial score (nSPS) is 21.7. The molecule has 0 radical (unpaired) electrons. The van der Waals surface area contributed by atoms with Gasteiger partial charge in [0, 0.05) is 32.1 Å². The standard InChI is InChI=1S/C16H19FN4O/c1-18-15-6-8-21-11-14(20(2)16(21)19-15)12-4-3-5-13(10-12)22-9-7-17/h3-6,8,10-11,16H,7,9H2,1-2H3,(H,18,19). The molecule has 0 aliphatic carbocycles. The van der Waals surface area contributed by atoms with Crippen molar-refractivity contribution in [3.63, 3.8) is 0 Å². The van der Waals surface area contributed by atoms with E-state index in [2.05, 4.69) is 26.3 Å². The van der Waals surface area contributed by atoms with Crippen LogP contribution in [0.1, 0.15) is 5.56 Å². The van der Waals surface area contributed by atoms with Gasteiger partial charge >= 0.3 is 0 Å². The minimum absolute atomic E-state index is 0.00844. The summed E-state index contributed by atoms with van der Waals surface area (Å²) in [6.07, 6.45) is 6.00. The third-order valence-corrected chi connectivity index (χ3v) is 3.70. The Hall–Kier alpha value is -2.50. The Morgan fingerprint density at radius 1 is 1.41 bits per heavy atom. The van der Waals surface area contributed by atoms with Gasteiger partial charge in [-0.1, -0.05) is 12.1 Å². The van der Waals surface area contributed by atoms with Gasteiger partial charge in [0.05, 0.1) is 5.70 Å². The van der Waals surface area contributed by atoms with Crippen molar-refractivity contribution in [1.29, 1.82) is 0 Å². The molecular weight excluding hydrogens is 283 g/mol. The summed E-state index contributed by atoms with van der Waals surface area (Å²) in [5.41, 5.74) is 2.09. The second kappa shape index (κ2) is 6.09. The summed E-state index contributed by atoms with van der Waals surface area (Å²) >= 11 is 0. The Labute approximate surface area is 129 Å². The van der Waals surface area contributed by atoms with E-state index in [1.165, 1.54) is 0 Å². The van der Waals surface area contributed by atoms with Crippen LogP contribution in [0.3, 0.4) is 0 Å². The average Bonchev–Trinajstić information content (AvgIpc) is 2.89. The van der Waals surface area contributed by atoms with Crippen LogP contribution in [0.25, 0.3) is 5.70 Å². The molecule has 1 aromatic carbocycles. The predicted molar refractivity (Wildman–Crippen MR) is 84.9 cm³/mol. The summed E-state index contributed by atoms with van der Waals surface area (Å²) in [6, 6.07) is 7.69. The van der Waals surface area contributed by atoms with Gasteiger partial charge in [-0.2, -0.15) is 0 Å². The fourth-order valence-corrected chi connectivity index (χ4v) is 2.59. The highest BCUT2D eigenvalue weighted by Gasteiger charge is 2.31. The lowest BCUT2D eigenvalue weighted by Gasteiger charge is -2.33. The molecule has 0 saturated carbocycles. The van der Waals surface area contributed by atoms with Crippen molar-refractivity contribution in [3.8, 4) is 5.75 Å². The van der Waals surface area contributed by atoms with E-state index in [0.717, 1.165) is 17.1 Å².